The van der Waals surface area contributed by atoms with Gasteiger partial charge in [-0.1, -0.05) is 12.1 Å². The summed E-state index contributed by atoms with van der Waals surface area (Å²) < 4.78 is 7.57. The van der Waals surface area contributed by atoms with Gasteiger partial charge in [0, 0.05) is 30.4 Å². The molecule has 0 saturated heterocycles. The van der Waals surface area contributed by atoms with Crippen LogP contribution in [0.3, 0.4) is 0 Å². The molecule has 0 aliphatic heterocycles. The van der Waals surface area contributed by atoms with Gasteiger partial charge in [0.05, 0.1) is 12.1 Å². The van der Waals surface area contributed by atoms with Crippen molar-refractivity contribution in [3.63, 3.8) is 0 Å². The Hall–Kier alpha value is -2.14. The molecular weight excluding hydrogens is 230 g/mol. The zero-order valence-electron chi connectivity index (χ0n) is 10.1. The van der Waals surface area contributed by atoms with E-state index in [4.69, 9.17) is 15.3 Å². The van der Waals surface area contributed by atoms with E-state index in [9.17, 15) is 0 Å². The Morgan fingerprint density at radius 1 is 1.33 bits per heavy atom. The van der Waals surface area contributed by atoms with Gasteiger partial charge in [-0.15, -0.1) is 0 Å². The Labute approximate surface area is 104 Å². The van der Waals surface area contributed by atoms with E-state index in [1.54, 1.807) is 0 Å². The first-order valence-electron chi connectivity index (χ1n) is 5.83. The van der Waals surface area contributed by atoms with E-state index in [-0.39, 0.29) is 6.61 Å². The molecule has 2 aromatic heterocycles. The Morgan fingerprint density at radius 2 is 2.11 bits per heavy atom. The molecular formula is C13H15N3O2. The molecule has 0 atom stereocenters. The second kappa shape index (κ2) is 3.96. The molecule has 4 N–H and O–H groups in total. The molecule has 3 rings (SSSR count). The van der Waals surface area contributed by atoms with Crippen molar-refractivity contribution in [2.45, 2.75) is 0 Å². The van der Waals surface area contributed by atoms with E-state index < -0.39 is 0 Å². The number of aromatic nitrogens is 1. The third-order valence-corrected chi connectivity index (χ3v) is 3.12. The predicted octanol–water partition coefficient (Wildman–Crippen LogP) is 1.91. The maximum Gasteiger partial charge on any atom is 0.191 e. The van der Waals surface area contributed by atoms with Crippen LogP contribution < -0.4 is 11.1 Å². The molecule has 3 aromatic rings. The van der Waals surface area contributed by atoms with Crippen molar-refractivity contribution >= 4 is 33.6 Å². The first kappa shape index (κ1) is 11.0. The third kappa shape index (κ3) is 1.52. The van der Waals surface area contributed by atoms with Gasteiger partial charge in [-0.3, -0.25) is 0 Å². The van der Waals surface area contributed by atoms with Gasteiger partial charge in [0.25, 0.3) is 0 Å². The molecule has 5 nitrogen and oxygen atoms in total. The molecule has 0 bridgehead atoms. The van der Waals surface area contributed by atoms with Crippen LogP contribution in [0, 0.1) is 0 Å². The van der Waals surface area contributed by atoms with Gasteiger partial charge in [0.15, 0.2) is 11.5 Å². The number of nitrogens with one attached hydrogen (secondary N) is 1. The normalized spacial score (nSPS) is 11.4. The lowest BCUT2D eigenvalue weighted by Crippen LogP contribution is -2.08. The summed E-state index contributed by atoms with van der Waals surface area (Å²) >= 11 is 0. The van der Waals surface area contributed by atoms with Gasteiger partial charge in [-0.25, -0.2) is 0 Å². The lowest BCUT2D eigenvalue weighted by atomic mass is 10.2. The highest BCUT2D eigenvalue weighted by molar-refractivity contribution is 6.05. The van der Waals surface area contributed by atoms with Gasteiger partial charge in [0.2, 0.25) is 0 Å². The minimum absolute atomic E-state index is 0.102. The predicted molar refractivity (Wildman–Crippen MR) is 72.7 cm³/mol. The minimum atomic E-state index is 0.102. The van der Waals surface area contributed by atoms with Crippen molar-refractivity contribution in [1.29, 1.82) is 0 Å². The van der Waals surface area contributed by atoms with E-state index in [2.05, 4.69) is 5.32 Å². The maximum absolute atomic E-state index is 8.86. The number of nitrogen functional groups attached to an aromatic ring is 1. The number of benzene rings is 1. The highest BCUT2D eigenvalue weighted by atomic mass is 16.3. The Balaban J connectivity index is 2.25. The molecule has 0 aliphatic rings. The number of fused-ring (bicyclic) bond motifs is 3. The van der Waals surface area contributed by atoms with E-state index in [1.807, 2.05) is 35.9 Å². The highest BCUT2D eigenvalue weighted by Gasteiger charge is 2.12. The number of hydrogen-bond donors (Lipinski definition) is 3. The van der Waals surface area contributed by atoms with Crippen molar-refractivity contribution in [2.24, 2.45) is 7.05 Å². The fourth-order valence-corrected chi connectivity index (χ4v) is 2.30. The van der Waals surface area contributed by atoms with Crippen LogP contribution in [0.25, 0.3) is 21.9 Å². The molecule has 5 heteroatoms. The van der Waals surface area contributed by atoms with Crippen LogP contribution in [-0.2, 0) is 7.05 Å². The van der Waals surface area contributed by atoms with Gasteiger partial charge in [-0.2, -0.15) is 0 Å². The second-order valence-corrected chi connectivity index (χ2v) is 4.31. The second-order valence-electron chi connectivity index (χ2n) is 4.31. The molecule has 0 aliphatic carbocycles. The van der Waals surface area contributed by atoms with Crippen LogP contribution in [0.15, 0.2) is 28.7 Å². The summed E-state index contributed by atoms with van der Waals surface area (Å²) in [5, 5.41) is 14.1. The molecule has 0 amide bonds. The Morgan fingerprint density at radius 3 is 2.89 bits per heavy atom. The van der Waals surface area contributed by atoms with Gasteiger partial charge in [0.1, 0.15) is 5.82 Å². The molecule has 0 unspecified atom stereocenters. The summed E-state index contributed by atoms with van der Waals surface area (Å²) in [6.45, 7) is 0.623. The number of nitrogens with zero attached hydrogens (tertiary/aromatic N) is 1. The first-order chi connectivity index (χ1) is 8.70. The molecule has 94 valence electrons. The molecule has 1 aromatic carbocycles. The number of anilines is 2. The third-order valence-electron chi connectivity index (χ3n) is 3.12. The summed E-state index contributed by atoms with van der Waals surface area (Å²) in [5.41, 5.74) is 7.49. The van der Waals surface area contributed by atoms with Crippen molar-refractivity contribution < 1.29 is 9.52 Å². The van der Waals surface area contributed by atoms with Crippen LogP contribution in [0.5, 0.6) is 0 Å². The number of aliphatic hydroxyl groups is 1. The molecule has 0 saturated carbocycles. The SMILES string of the molecule is Cn1c(NCCO)cc2ccc3cc(N)oc3c21. The summed E-state index contributed by atoms with van der Waals surface area (Å²) in [7, 11) is 1.96. The average Bonchev–Trinajstić information content (AvgIpc) is 2.86. The monoisotopic (exact) mass is 245 g/mol. The zero-order valence-corrected chi connectivity index (χ0v) is 10.1. The smallest absolute Gasteiger partial charge is 0.191 e. The molecule has 2 heterocycles. The number of aryl methyl sites for hydroxylation is 1. The van der Waals surface area contributed by atoms with Crippen LogP contribution in [-0.4, -0.2) is 22.8 Å². The quantitative estimate of drug-likeness (QED) is 0.658. The van der Waals surface area contributed by atoms with Gasteiger partial charge >= 0.3 is 0 Å². The van der Waals surface area contributed by atoms with Crippen molar-refractivity contribution in [3.05, 3.63) is 24.3 Å². The number of hydrogen-bond acceptors (Lipinski definition) is 4. The summed E-state index contributed by atoms with van der Waals surface area (Å²) in [6.07, 6.45) is 0. The minimum Gasteiger partial charge on any atom is -0.439 e. The van der Waals surface area contributed by atoms with Crippen LogP contribution in [0.2, 0.25) is 0 Å². The van der Waals surface area contributed by atoms with Crippen molar-refractivity contribution in [2.75, 3.05) is 24.2 Å². The molecule has 18 heavy (non-hydrogen) atoms. The lowest BCUT2D eigenvalue weighted by Gasteiger charge is -2.05. The van der Waals surface area contributed by atoms with Gasteiger partial charge < -0.3 is 25.1 Å². The fraction of sp³-hybridized carbons (Fsp3) is 0.231. The van der Waals surface area contributed by atoms with Gasteiger partial charge in [-0.05, 0) is 6.07 Å². The first-order valence-corrected chi connectivity index (χ1v) is 5.83. The average molecular weight is 245 g/mol. The Bertz CT molecular complexity index is 712. The number of nitrogens with two attached hydrogens (primary N) is 1. The fourth-order valence-electron chi connectivity index (χ4n) is 2.30. The van der Waals surface area contributed by atoms with Crippen LogP contribution in [0.1, 0.15) is 0 Å². The van der Waals surface area contributed by atoms with E-state index in [0.717, 1.165) is 27.7 Å². The highest BCUT2D eigenvalue weighted by Crippen LogP contribution is 2.32. The standard InChI is InChI=1S/C13H15N3O2/c1-16-11(15-4-5-17)7-8-2-3-9-6-10(14)18-13(9)12(8)16/h2-3,6-7,15,17H,4-5,14H2,1H3. The summed E-state index contributed by atoms with van der Waals surface area (Å²) in [5.74, 6) is 1.37. The number of furan rings is 1. The molecule has 0 spiro atoms. The molecule has 0 fully saturated rings. The topological polar surface area (TPSA) is 76.3 Å². The number of aliphatic hydroxyl groups excluding tert-OH is 1. The van der Waals surface area contributed by atoms with E-state index in [0.29, 0.717) is 12.4 Å². The largest absolute Gasteiger partial charge is 0.439 e. The maximum atomic E-state index is 8.86. The zero-order chi connectivity index (χ0) is 12.7. The van der Waals surface area contributed by atoms with Crippen molar-refractivity contribution in [1.82, 2.24) is 4.57 Å². The Kier molecular flexibility index (Phi) is 2.41. The van der Waals surface area contributed by atoms with Crippen LogP contribution in [0.4, 0.5) is 11.7 Å². The van der Waals surface area contributed by atoms with Crippen molar-refractivity contribution in [3.8, 4) is 0 Å². The van der Waals surface area contributed by atoms with Crippen LogP contribution >= 0.6 is 0 Å². The van der Waals surface area contributed by atoms with E-state index >= 15 is 0 Å². The summed E-state index contributed by atoms with van der Waals surface area (Å²) in [6, 6.07) is 7.88. The number of rotatable bonds is 3. The van der Waals surface area contributed by atoms with E-state index in [1.165, 1.54) is 0 Å². The molecule has 0 radical (unpaired) electrons. The lowest BCUT2D eigenvalue weighted by molar-refractivity contribution is 0.311. The summed E-state index contributed by atoms with van der Waals surface area (Å²) in [4.78, 5) is 0.